The van der Waals surface area contributed by atoms with Crippen molar-refractivity contribution in [1.82, 2.24) is 9.80 Å². The monoisotopic (exact) mass is 426 g/mol. The third kappa shape index (κ3) is 3.64. The van der Waals surface area contributed by atoms with Gasteiger partial charge in [0, 0.05) is 44.7 Å². The summed E-state index contributed by atoms with van der Waals surface area (Å²) in [4.78, 5) is 18.8. The number of carbonyl (C=O) groups is 1. The summed E-state index contributed by atoms with van der Waals surface area (Å²) in [5, 5.41) is 0. The lowest BCUT2D eigenvalue weighted by atomic mass is 9.82. The predicted octanol–water partition coefficient (Wildman–Crippen LogP) is 4.46. The van der Waals surface area contributed by atoms with E-state index in [0.717, 1.165) is 61.6 Å². The van der Waals surface area contributed by atoms with E-state index in [9.17, 15) is 4.79 Å². The molecule has 1 atom stereocenters. The highest BCUT2D eigenvalue weighted by molar-refractivity contribution is 6.08. The van der Waals surface area contributed by atoms with E-state index in [1.807, 2.05) is 30.3 Å². The van der Waals surface area contributed by atoms with Gasteiger partial charge in [-0.25, -0.2) is 0 Å². The zero-order valence-electron chi connectivity index (χ0n) is 18.9. The highest BCUT2D eigenvalue weighted by Gasteiger charge is 2.51. The number of ether oxygens (including phenoxy) is 1. The summed E-state index contributed by atoms with van der Waals surface area (Å²) in [6.45, 7) is 6.63. The molecule has 4 heteroatoms. The van der Waals surface area contributed by atoms with Gasteiger partial charge in [0.15, 0.2) is 5.78 Å². The molecular formula is C28H30N2O2. The van der Waals surface area contributed by atoms with Crippen LogP contribution in [0.15, 0.2) is 72.8 Å². The number of ketones is 1. The van der Waals surface area contributed by atoms with Crippen LogP contribution in [0.1, 0.15) is 32.6 Å². The number of aryl methyl sites for hydroxylation is 1. The molecule has 3 aromatic carbocycles. The summed E-state index contributed by atoms with van der Waals surface area (Å²) >= 11 is 0. The van der Waals surface area contributed by atoms with Crippen molar-refractivity contribution < 1.29 is 9.53 Å². The summed E-state index contributed by atoms with van der Waals surface area (Å²) in [6.07, 6.45) is 0.751. The molecule has 3 aromatic rings. The molecule has 0 saturated carbocycles. The number of rotatable bonds is 5. The lowest BCUT2D eigenvalue weighted by molar-refractivity contribution is 0.0288. The first-order valence-corrected chi connectivity index (χ1v) is 11.4. The SMILES string of the molecule is COc1cccc(CN2CCN(C3(c4cccc(C)c4)Cc4ccccc4C3=O)CC2)c1. The van der Waals surface area contributed by atoms with Crippen LogP contribution < -0.4 is 4.74 Å². The second-order valence-corrected chi connectivity index (χ2v) is 9.01. The largest absolute Gasteiger partial charge is 0.497 e. The molecule has 1 aliphatic carbocycles. The maximum atomic E-state index is 13.9. The topological polar surface area (TPSA) is 32.8 Å². The Hall–Kier alpha value is -2.95. The minimum atomic E-state index is -0.599. The van der Waals surface area contributed by atoms with Crippen molar-refractivity contribution in [3.63, 3.8) is 0 Å². The van der Waals surface area contributed by atoms with Crippen LogP contribution in [0.25, 0.3) is 0 Å². The van der Waals surface area contributed by atoms with Gasteiger partial charge in [-0.3, -0.25) is 14.6 Å². The average molecular weight is 427 g/mol. The standard InChI is InChI=1S/C28H30N2O2/c1-21-7-5-10-24(17-21)28(19-23-9-3-4-12-26(23)27(28)31)30-15-13-29(14-16-30)20-22-8-6-11-25(18-22)32-2/h3-12,17-18H,13-16,19-20H2,1-2H3. The van der Waals surface area contributed by atoms with Crippen LogP contribution in [-0.4, -0.2) is 48.9 Å². The Morgan fingerprint density at radius 2 is 1.69 bits per heavy atom. The molecule has 0 bridgehead atoms. The Labute approximate surface area is 190 Å². The Kier molecular flexibility index (Phi) is 5.58. The highest BCUT2D eigenvalue weighted by Crippen LogP contribution is 2.43. The summed E-state index contributed by atoms with van der Waals surface area (Å²) in [7, 11) is 1.71. The van der Waals surface area contributed by atoms with E-state index in [-0.39, 0.29) is 5.78 Å². The molecule has 4 nitrogen and oxygen atoms in total. The molecule has 32 heavy (non-hydrogen) atoms. The molecule has 1 aliphatic heterocycles. The molecule has 2 aliphatic rings. The van der Waals surface area contributed by atoms with E-state index in [2.05, 4.69) is 59.2 Å². The average Bonchev–Trinajstić information content (AvgIpc) is 3.13. The van der Waals surface area contributed by atoms with Gasteiger partial charge in [-0.05, 0) is 35.7 Å². The first-order valence-electron chi connectivity index (χ1n) is 11.4. The number of Topliss-reactive ketones (excluding diaryl/α,β-unsaturated/α-hetero) is 1. The number of methoxy groups -OCH3 is 1. The first-order chi connectivity index (χ1) is 15.6. The second-order valence-electron chi connectivity index (χ2n) is 9.01. The maximum absolute atomic E-state index is 13.9. The quantitative estimate of drug-likeness (QED) is 0.603. The molecule has 0 spiro atoms. The Bertz CT molecular complexity index is 1130. The Morgan fingerprint density at radius 1 is 0.906 bits per heavy atom. The normalized spacial score (nSPS) is 21.5. The molecule has 1 fully saturated rings. The summed E-state index contributed by atoms with van der Waals surface area (Å²) in [6, 6.07) is 25.0. The second kappa shape index (κ2) is 8.53. The van der Waals surface area contributed by atoms with Crippen molar-refractivity contribution >= 4 is 5.78 Å². The third-order valence-corrected chi connectivity index (χ3v) is 7.03. The van der Waals surface area contributed by atoms with Crippen LogP contribution in [0.5, 0.6) is 5.75 Å². The van der Waals surface area contributed by atoms with Crippen molar-refractivity contribution in [1.29, 1.82) is 0 Å². The van der Waals surface area contributed by atoms with E-state index >= 15 is 0 Å². The van der Waals surface area contributed by atoms with E-state index in [4.69, 9.17) is 4.74 Å². The minimum absolute atomic E-state index is 0.250. The lowest BCUT2D eigenvalue weighted by Gasteiger charge is -2.45. The molecule has 0 radical (unpaired) electrons. The molecular weight excluding hydrogens is 396 g/mol. The molecule has 1 unspecified atom stereocenters. The Balaban J connectivity index is 1.40. The van der Waals surface area contributed by atoms with E-state index in [1.165, 1.54) is 11.1 Å². The summed E-state index contributed by atoms with van der Waals surface area (Å²) < 4.78 is 5.38. The van der Waals surface area contributed by atoms with Gasteiger partial charge in [-0.15, -0.1) is 0 Å². The molecule has 1 saturated heterocycles. The van der Waals surface area contributed by atoms with Gasteiger partial charge in [-0.2, -0.15) is 0 Å². The zero-order valence-corrected chi connectivity index (χ0v) is 18.9. The number of benzene rings is 3. The van der Waals surface area contributed by atoms with Gasteiger partial charge < -0.3 is 4.74 Å². The number of carbonyl (C=O) groups excluding carboxylic acids is 1. The fourth-order valence-electron chi connectivity index (χ4n) is 5.36. The smallest absolute Gasteiger partial charge is 0.188 e. The van der Waals surface area contributed by atoms with Crippen LogP contribution >= 0.6 is 0 Å². The zero-order chi connectivity index (χ0) is 22.1. The van der Waals surface area contributed by atoms with Gasteiger partial charge in [-0.1, -0.05) is 66.2 Å². The predicted molar refractivity (Wildman–Crippen MR) is 127 cm³/mol. The summed E-state index contributed by atoms with van der Waals surface area (Å²) in [5.74, 6) is 1.15. The number of fused-ring (bicyclic) bond motifs is 1. The maximum Gasteiger partial charge on any atom is 0.188 e. The third-order valence-electron chi connectivity index (χ3n) is 7.03. The summed E-state index contributed by atoms with van der Waals surface area (Å²) in [5.41, 5.74) is 5.03. The van der Waals surface area contributed by atoms with Crippen LogP contribution in [0.3, 0.4) is 0 Å². The molecule has 164 valence electrons. The van der Waals surface area contributed by atoms with Crippen LogP contribution in [0.4, 0.5) is 0 Å². The van der Waals surface area contributed by atoms with Crippen molar-refractivity contribution in [3.05, 3.63) is 101 Å². The van der Waals surface area contributed by atoms with Gasteiger partial charge in [0.1, 0.15) is 11.3 Å². The van der Waals surface area contributed by atoms with Crippen molar-refractivity contribution in [2.75, 3.05) is 33.3 Å². The van der Waals surface area contributed by atoms with Gasteiger partial charge >= 0.3 is 0 Å². The highest BCUT2D eigenvalue weighted by atomic mass is 16.5. The number of hydrogen-bond donors (Lipinski definition) is 0. The fraction of sp³-hybridized carbons (Fsp3) is 0.321. The van der Waals surface area contributed by atoms with E-state index < -0.39 is 5.54 Å². The van der Waals surface area contributed by atoms with Crippen molar-refractivity contribution in [2.45, 2.75) is 25.4 Å². The molecule has 5 rings (SSSR count). The molecule has 0 aromatic heterocycles. The Morgan fingerprint density at radius 3 is 2.44 bits per heavy atom. The van der Waals surface area contributed by atoms with Crippen molar-refractivity contribution in [2.24, 2.45) is 0 Å². The molecule has 0 N–H and O–H groups in total. The number of hydrogen-bond acceptors (Lipinski definition) is 4. The van der Waals surface area contributed by atoms with E-state index in [1.54, 1.807) is 7.11 Å². The van der Waals surface area contributed by atoms with Gasteiger partial charge in [0.25, 0.3) is 0 Å². The van der Waals surface area contributed by atoms with Crippen LogP contribution in [0, 0.1) is 6.92 Å². The first kappa shape index (κ1) is 20.9. The van der Waals surface area contributed by atoms with Crippen LogP contribution in [0.2, 0.25) is 0 Å². The minimum Gasteiger partial charge on any atom is -0.497 e. The lowest BCUT2D eigenvalue weighted by Crippen LogP contribution is -2.58. The number of piperazine rings is 1. The number of nitrogens with zero attached hydrogens (tertiary/aromatic N) is 2. The van der Waals surface area contributed by atoms with Gasteiger partial charge in [0.05, 0.1) is 7.11 Å². The van der Waals surface area contributed by atoms with Crippen molar-refractivity contribution in [3.8, 4) is 5.75 Å². The molecule has 1 heterocycles. The van der Waals surface area contributed by atoms with Gasteiger partial charge in [0.2, 0.25) is 0 Å². The molecule has 0 amide bonds. The van der Waals surface area contributed by atoms with E-state index in [0.29, 0.717) is 0 Å². The van der Waals surface area contributed by atoms with Crippen LogP contribution in [-0.2, 0) is 18.5 Å². The fourth-order valence-corrected chi connectivity index (χ4v) is 5.36.